The van der Waals surface area contributed by atoms with Crippen molar-refractivity contribution in [1.29, 1.82) is 0 Å². The first-order chi connectivity index (χ1) is 18.8. The molecule has 3 heterocycles. The minimum absolute atomic E-state index is 0.0370. The Balaban J connectivity index is 1.77. The molecule has 2 fully saturated rings. The Hall–Kier alpha value is -2.84. The average Bonchev–Trinajstić information content (AvgIpc) is 2.95. The van der Waals surface area contributed by atoms with E-state index in [0.29, 0.717) is 61.6 Å². The van der Waals surface area contributed by atoms with Crippen LogP contribution in [0.25, 0.3) is 11.4 Å². The van der Waals surface area contributed by atoms with Crippen molar-refractivity contribution in [3.05, 3.63) is 36.0 Å². The third-order valence-electron chi connectivity index (χ3n) is 7.11. The SMILES string of the molecule is C[C@H]1COCCN1c1cc(C2(S(=O)(=O)CCCO)CCOCC2)nc(-c2ccc(NC(=O)NCCO)cc2)n1. The van der Waals surface area contributed by atoms with E-state index in [0.717, 1.165) is 0 Å². The maximum Gasteiger partial charge on any atom is 0.319 e. The van der Waals surface area contributed by atoms with Gasteiger partial charge in [-0.3, -0.25) is 0 Å². The monoisotopic (exact) mass is 563 g/mol. The van der Waals surface area contributed by atoms with Crippen LogP contribution in [0.5, 0.6) is 0 Å². The second-order valence-corrected chi connectivity index (χ2v) is 12.2. The van der Waals surface area contributed by atoms with Gasteiger partial charge in [0.1, 0.15) is 10.6 Å². The number of sulfone groups is 1. The van der Waals surface area contributed by atoms with Crippen molar-refractivity contribution >= 4 is 27.4 Å². The molecule has 4 N–H and O–H groups in total. The van der Waals surface area contributed by atoms with Gasteiger partial charge in [-0.05, 0) is 50.5 Å². The van der Waals surface area contributed by atoms with Crippen LogP contribution in [0, 0.1) is 0 Å². The quantitative estimate of drug-likeness (QED) is 0.331. The number of anilines is 2. The van der Waals surface area contributed by atoms with Gasteiger partial charge in [-0.25, -0.2) is 23.2 Å². The number of morpholine rings is 1. The van der Waals surface area contributed by atoms with E-state index >= 15 is 0 Å². The van der Waals surface area contributed by atoms with Gasteiger partial charge in [-0.1, -0.05) is 0 Å². The van der Waals surface area contributed by atoms with Crippen molar-refractivity contribution in [2.45, 2.75) is 37.0 Å². The Labute approximate surface area is 228 Å². The highest BCUT2D eigenvalue weighted by Gasteiger charge is 2.48. The summed E-state index contributed by atoms with van der Waals surface area (Å²) in [5.41, 5.74) is 1.63. The second-order valence-electron chi connectivity index (χ2n) is 9.74. The number of ether oxygens (including phenoxy) is 2. The van der Waals surface area contributed by atoms with Gasteiger partial charge in [-0.2, -0.15) is 0 Å². The number of hydrogen-bond acceptors (Lipinski definition) is 10. The number of carbonyl (C=O) groups excluding carboxylic acids is 1. The molecule has 39 heavy (non-hydrogen) atoms. The lowest BCUT2D eigenvalue weighted by Gasteiger charge is -2.38. The molecule has 0 unspecified atom stereocenters. The molecule has 2 aliphatic heterocycles. The third kappa shape index (κ3) is 6.67. The summed E-state index contributed by atoms with van der Waals surface area (Å²) in [7, 11) is -3.69. The summed E-state index contributed by atoms with van der Waals surface area (Å²) in [5, 5.41) is 23.5. The van der Waals surface area contributed by atoms with Gasteiger partial charge in [0.15, 0.2) is 15.7 Å². The van der Waals surface area contributed by atoms with Crippen LogP contribution in [0.4, 0.5) is 16.3 Å². The predicted molar refractivity (Wildman–Crippen MR) is 146 cm³/mol. The zero-order valence-corrected chi connectivity index (χ0v) is 23.0. The first-order valence-electron chi connectivity index (χ1n) is 13.2. The van der Waals surface area contributed by atoms with Crippen LogP contribution in [0.1, 0.15) is 31.9 Å². The van der Waals surface area contributed by atoms with E-state index in [1.165, 1.54) is 0 Å². The molecule has 0 aliphatic carbocycles. The number of nitrogens with zero attached hydrogens (tertiary/aromatic N) is 3. The van der Waals surface area contributed by atoms with Gasteiger partial charge in [0.25, 0.3) is 0 Å². The molecule has 0 saturated carbocycles. The summed E-state index contributed by atoms with van der Waals surface area (Å²) in [4.78, 5) is 23.7. The normalized spacial score (nSPS) is 19.5. The number of amides is 2. The van der Waals surface area contributed by atoms with Crippen molar-refractivity contribution < 1.29 is 32.9 Å². The number of carbonyl (C=O) groups is 1. The molecule has 13 heteroatoms. The molecule has 2 aromatic rings. The zero-order valence-electron chi connectivity index (χ0n) is 22.1. The molecule has 0 radical (unpaired) electrons. The van der Waals surface area contributed by atoms with E-state index in [9.17, 15) is 18.3 Å². The summed E-state index contributed by atoms with van der Waals surface area (Å²) in [6, 6.07) is 8.35. The number of hydrogen-bond donors (Lipinski definition) is 4. The Bertz CT molecular complexity index is 1220. The average molecular weight is 564 g/mol. The first-order valence-corrected chi connectivity index (χ1v) is 14.9. The van der Waals surface area contributed by atoms with Crippen LogP contribution < -0.4 is 15.5 Å². The van der Waals surface area contributed by atoms with Gasteiger partial charge in [-0.15, -0.1) is 0 Å². The lowest BCUT2D eigenvalue weighted by molar-refractivity contribution is 0.0729. The van der Waals surface area contributed by atoms with Crippen LogP contribution in [0.15, 0.2) is 30.3 Å². The number of benzene rings is 1. The van der Waals surface area contributed by atoms with Crippen molar-refractivity contribution in [3.8, 4) is 11.4 Å². The van der Waals surface area contributed by atoms with Crippen LogP contribution in [0.3, 0.4) is 0 Å². The van der Waals surface area contributed by atoms with Crippen molar-refractivity contribution in [1.82, 2.24) is 15.3 Å². The standard InChI is InChI=1S/C26H37N5O7S/c1-19-18-38-15-10-31(19)23-17-22(26(7-13-37-14-8-26)39(35,36)16-2-11-32)29-24(30-23)20-3-5-21(6-4-20)28-25(34)27-9-12-33/h3-6,17,19,32-33H,2,7-16,18H2,1H3,(H2,27,28,34)/t19-/m0/s1. The molecule has 2 amide bonds. The molecular formula is C26H37N5O7S. The number of aromatic nitrogens is 2. The van der Waals surface area contributed by atoms with Crippen LogP contribution in [0.2, 0.25) is 0 Å². The summed E-state index contributed by atoms with van der Waals surface area (Å²) < 4.78 is 37.4. The van der Waals surface area contributed by atoms with Gasteiger partial charge < -0.3 is 35.2 Å². The predicted octanol–water partition coefficient (Wildman–Crippen LogP) is 1.29. The van der Waals surface area contributed by atoms with Crippen molar-refractivity contribution in [2.75, 3.05) is 68.7 Å². The minimum atomic E-state index is -3.69. The molecular weight excluding hydrogens is 526 g/mol. The molecule has 12 nitrogen and oxygen atoms in total. The van der Waals surface area contributed by atoms with E-state index in [1.54, 1.807) is 30.3 Å². The lowest BCUT2D eigenvalue weighted by Crippen LogP contribution is -2.46. The fourth-order valence-electron chi connectivity index (χ4n) is 4.94. The molecule has 2 saturated heterocycles. The molecule has 4 rings (SSSR count). The fourth-order valence-corrected chi connectivity index (χ4v) is 7.05. The fraction of sp³-hybridized carbons (Fsp3) is 0.577. The number of urea groups is 1. The molecule has 1 aromatic carbocycles. The maximum absolute atomic E-state index is 13.8. The lowest BCUT2D eigenvalue weighted by atomic mass is 9.94. The van der Waals surface area contributed by atoms with Crippen LogP contribution >= 0.6 is 0 Å². The highest BCUT2D eigenvalue weighted by Crippen LogP contribution is 2.42. The van der Waals surface area contributed by atoms with E-state index in [-0.39, 0.29) is 50.8 Å². The van der Waals surface area contributed by atoms with Crippen LogP contribution in [-0.4, -0.2) is 99.2 Å². The summed E-state index contributed by atoms with van der Waals surface area (Å²) in [6.07, 6.45) is 0.679. The summed E-state index contributed by atoms with van der Waals surface area (Å²) >= 11 is 0. The molecule has 1 aromatic heterocycles. The third-order valence-corrected chi connectivity index (χ3v) is 9.74. The minimum Gasteiger partial charge on any atom is -0.396 e. The van der Waals surface area contributed by atoms with Gasteiger partial charge in [0.2, 0.25) is 0 Å². The van der Waals surface area contributed by atoms with Gasteiger partial charge >= 0.3 is 6.03 Å². The number of aliphatic hydroxyl groups excluding tert-OH is 2. The van der Waals surface area contributed by atoms with Crippen molar-refractivity contribution in [2.24, 2.45) is 0 Å². The highest BCUT2D eigenvalue weighted by atomic mass is 32.2. The number of rotatable bonds is 10. The molecule has 1 atom stereocenters. The second kappa shape index (κ2) is 13.0. The molecule has 0 bridgehead atoms. The topological polar surface area (TPSA) is 163 Å². The Morgan fingerprint density at radius 3 is 2.51 bits per heavy atom. The number of nitrogens with one attached hydrogen (secondary N) is 2. The Kier molecular flexibility index (Phi) is 9.72. The van der Waals surface area contributed by atoms with E-state index < -0.39 is 20.6 Å². The first kappa shape index (κ1) is 29.2. The molecule has 0 spiro atoms. The molecule has 214 valence electrons. The largest absolute Gasteiger partial charge is 0.396 e. The van der Waals surface area contributed by atoms with Gasteiger partial charge in [0, 0.05) is 50.2 Å². The maximum atomic E-state index is 13.8. The summed E-state index contributed by atoms with van der Waals surface area (Å²) in [5.74, 6) is 0.852. The van der Waals surface area contributed by atoms with E-state index in [2.05, 4.69) is 15.5 Å². The Morgan fingerprint density at radius 2 is 1.85 bits per heavy atom. The molecule has 2 aliphatic rings. The van der Waals surface area contributed by atoms with Gasteiger partial charge in [0.05, 0.1) is 37.3 Å². The van der Waals surface area contributed by atoms with Crippen LogP contribution in [-0.2, 0) is 24.1 Å². The smallest absolute Gasteiger partial charge is 0.319 e. The zero-order chi connectivity index (χ0) is 27.9. The van der Waals surface area contributed by atoms with Crippen molar-refractivity contribution in [3.63, 3.8) is 0 Å². The Morgan fingerprint density at radius 1 is 1.10 bits per heavy atom. The van der Waals surface area contributed by atoms with E-state index in [4.69, 9.17) is 24.5 Å². The highest BCUT2D eigenvalue weighted by molar-refractivity contribution is 7.92. The number of aliphatic hydroxyl groups is 2. The summed E-state index contributed by atoms with van der Waals surface area (Å²) in [6.45, 7) is 4.05. The van der Waals surface area contributed by atoms with E-state index in [1.807, 2.05) is 6.92 Å².